The van der Waals surface area contributed by atoms with E-state index in [1.165, 1.54) is 0 Å². The van der Waals surface area contributed by atoms with Crippen LogP contribution in [-0.4, -0.2) is 41.0 Å². The molecule has 176 valence electrons. The van der Waals surface area contributed by atoms with Crippen LogP contribution in [0.15, 0.2) is 76.2 Å². The van der Waals surface area contributed by atoms with Gasteiger partial charge in [-0.3, -0.25) is 14.4 Å². The van der Waals surface area contributed by atoms with Crippen LogP contribution >= 0.6 is 27.5 Å². The molecule has 0 spiro atoms. The molecule has 3 amide bonds. The number of carbonyl (C=O) groups excluding carboxylic acids is 3. The van der Waals surface area contributed by atoms with E-state index in [0.29, 0.717) is 39.7 Å². The van der Waals surface area contributed by atoms with Gasteiger partial charge in [0.1, 0.15) is 0 Å². The SMILES string of the molecule is O=C(CCN1Cc2ccccc2C1=O)NC1N=C(c2ccccc2Cl)c2cc(Br)ccc2NC1=O. The number of nitrogens with zero attached hydrogens (tertiary/aromatic N) is 2. The van der Waals surface area contributed by atoms with E-state index in [-0.39, 0.29) is 24.8 Å². The Kier molecular flexibility index (Phi) is 6.40. The molecule has 2 aliphatic rings. The summed E-state index contributed by atoms with van der Waals surface area (Å²) >= 11 is 9.93. The fourth-order valence-corrected chi connectivity index (χ4v) is 4.79. The molecule has 0 saturated carbocycles. The zero-order chi connectivity index (χ0) is 24.5. The second kappa shape index (κ2) is 9.64. The maximum atomic E-state index is 13.0. The van der Waals surface area contributed by atoms with Gasteiger partial charge in [0.25, 0.3) is 11.8 Å². The maximum Gasteiger partial charge on any atom is 0.269 e. The van der Waals surface area contributed by atoms with Crippen molar-refractivity contribution < 1.29 is 14.4 Å². The molecule has 3 aromatic rings. The minimum atomic E-state index is -1.16. The first-order valence-electron chi connectivity index (χ1n) is 11.0. The van der Waals surface area contributed by atoms with Crippen molar-refractivity contribution >= 4 is 56.7 Å². The van der Waals surface area contributed by atoms with Gasteiger partial charge in [-0.15, -0.1) is 0 Å². The Hall–Kier alpha value is -3.49. The summed E-state index contributed by atoms with van der Waals surface area (Å²) in [5, 5.41) is 6.03. The third-order valence-corrected chi connectivity index (χ3v) is 6.76. The topological polar surface area (TPSA) is 90.9 Å². The Morgan fingerprint density at radius 1 is 1.06 bits per heavy atom. The van der Waals surface area contributed by atoms with Gasteiger partial charge in [-0.05, 0) is 35.9 Å². The van der Waals surface area contributed by atoms with E-state index in [1.54, 1.807) is 23.1 Å². The molecule has 1 unspecified atom stereocenters. The first-order valence-corrected chi connectivity index (χ1v) is 12.2. The molecule has 9 heteroatoms. The van der Waals surface area contributed by atoms with Crippen molar-refractivity contribution in [3.05, 3.63) is 98.5 Å². The van der Waals surface area contributed by atoms with Crippen molar-refractivity contribution in [2.45, 2.75) is 19.1 Å². The molecule has 0 bridgehead atoms. The highest BCUT2D eigenvalue weighted by Gasteiger charge is 2.30. The number of rotatable bonds is 5. The summed E-state index contributed by atoms with van der Waals surface area (Å²) in [6, 6.07) is 20.0. The van der Waals surface area contributed by atoms with Gasteiger partial charge in [0.05, 0.1) is 11.4 Å². The highest BCUT2D eigenvalue weighted by Crippen LogP contribution is 2.29. The molecule has 5 rings (SSSR count). The van der Waals surface area contributed by atoms with E-state index >= 15 is 0 Å². The van der Waals surface area contributed by atoms with Gasteiger partial charge in [0.2, 0.25) is 12.1 Å². The fraction of sp³-hybridized carbons (Fsp3) is 0.154. The molecule has 1 atom stereocenters. The smallest absolute Gasteiger partial charge is 0.269 e. The summed E-state index contributed by atoms with van der Waals surface area (Å²) in [6.07, 6.45) is -1.12. The van der Waals surface area contributed by atoms with Gasteiger partial charge in [0.15, 0.2) is 0 Å². The fourth-order valence-electron chi connectivity index (χ4n) is 4.20. The zero-order valence-electron chi connectivity index (χ0n) is 18.4. The van der Waals surface area contributed by atoms with Crippen LogP contribution < -0.4 is 10.6 Å². The number of aliphatic imine (C=N–C) groups is 1. The molecular weight excluding hydrogens is 532 g/mol. The Morgan fingerprint density at radius 3 is 2.57 bits per heavy atom. The number of amides is 3. The molecule has 0 fully saturated rings. The number of benzene rings is 3. The summed E-state index contributed by atoms with van der Waals surface area (Å²) in [7, 11) is 0. The molecular formula is C26H20BrClN4O3. The molecule has 7 nitrogen and oxygen atoms in total. The van der Waals surface area contributed by atoms with Crippen LogP contribution in [0.25, 0.3) is 0 Å². The minimum Gasteiger partial charge on any atom is -0.334 e. The van der Waals surface area contributed by atoms with Crippen molar-refractivity contribution in [1.29, 1.82) is 0 Å². The predicted octanol–water partition coefficient (Wildman–Crippen LogP) is 4.38. The lowest BCUT2D eigenvalue weighted by molar-refractivity contribution is -0.126. The molecule has 3 aromatic carbocycles. The Labute approximate surface area is 215 Å². The van der Waals surface area contributed by atoms with Crippen LogP contribution in [0.3, 0.4) is 0 Å². The van der Waals surface area contributed by atoms with Gasteiger partial charge in [-0.1, -0.05) is 63.9 Å². The first-order chi connectivity index (χ1) is 16.9. The van der Waals surface area contributed by atoms with Crippen LogP contribution in [0.1, 0.15) is 33.5 Å². The lowest BCUT2D eigenvalue weighted by Crippen LogP contribution is -2.43. The number of halogens is 2. The van der Waals surface area contributed by atoms with Crippen molar-refractivity contribution in [2.24, 2.45) is 4.99 Å². The Balaban J connectivity index is 1.36. The van der Waals surface area contributed by atoms with Gasteiger partial charge in [0, 0.05) is 45.7 Å². The maximum absolute atomic E-state index is 13.0. The molecule has 2 heterocycles. The number of nitrogens with one attached hydrogen (secondary N) is 2. The average Bonchev–Trinajstić information content (AvgIpc) is 3.10. The summed E-state index contributed by atoms with van der Waals surface area (Å²) in [4.78, 5) is 44.6. The highest BCUT2D eigenvalue weighted by molar-refractivity contribution is 9.10. The monoisotopic (exact) mass is 550 g/mol. The van der Waals surface area contributed by atoms with Crippen LogP contribution in [0.4, 0.5) is 5.69 Å². The summed E-state index contributed by atoms with van der Waals surface area (Å²) < 4.78 is 0.809. The molecule has 0 aromatic heterocycles. The molecule has 0 radical (unpaired) electrons. The predicted molar refractivity (Wildman–Crippen MR) is 138 cm³/mol. The van der Waals surface area contributed by atoms with Crippen molar-refractivity contribution in [1.82, 2.24) is 10.2 Å². The number of benzodiazepines with no additional fused rings is 1. The zero-order valence-corrected chi connectivity index (χ0v) is 20.8. The third kappa shape index (κ3) is 4.72. The van der Waals surface area contributed by atoms with Gasteiger partial charge < -0.3 is 15.5 Å². The molecule has 0 saturated heterocycles. The first kappa shape index (κ1) is 23.3. The number of hydrogen-bond acceptors (Lipinski definition) is 4. The van der Waals surface area contributed by atoms with Gasteiger partial charge >= 0.3 is 0 Å². The van der Waals surface area contributed by atoms with Crippen LogP contribution in [0, 0.1) is 0 Å². The Morgan fingerprint density at radius 2 is 1.80 bits per heavy atom. The normalized spacial score (nSPS) is 16.7. The standard InChI is InChI=1S/C26H20BrClN4O3/c27-16-9-10-21-19(13-16)23(18-7-3-4-8-20(18)28)31-24(25(34)29-21)30-22(33)11-12-32-14-15-5-1-2-6-17(15)26(32)35/h1-10,13,24H,11-12,14H2,(H,29,34)(H,30,33). The lowest BCUT2D eigenvalue weighted by Gasteiger charge is -2.17. The van der Waals surface area contributed by atoms with Crippen molar-refractivity contribution in [3.8, 4) is 0 Å². The molecule has 2 aliphatic heterocycles. The van der Waals surface area contributed by atoms with E-state index in [4.69, 9.17) is 11.6 Å². The number of hydrogen-bond donors (Lipinski definition) is 2. The highest BCUT2D eigenvalue weighted by atomic mass is 79.9. The number of fused-ring (bicyclic) bond motifs is 2. The summed E-state index contributed by atoms with van der Waals surface area (Å²) in [6.45, 7) is 0.702. The van der Waals surface area contributed by atoms with E-state index < -0.39 is 12.1 Å². The van der Waals surface area contributed by atoms with Crippen molar-refractivity contribution in [2.75, 3.05) is 11.9 Å². The van der Waals surface area contributed by atoms with E-state index in [9.17, 15) is 14.4 Å². The third-order valence-electron chi connectivity index (χ3n) is 5.93. The number of anilines is 1. The molecule has 35 heavy (non-hydrogen) atoms. The largest absolute Gasteiger partial charge is 0.334 e. The Bertz CT molecular complexity index is 1390. The quantitative estimate of drug-likeness (QED) is 0.493. The molecule has 2 N–H and O–H groups in total. The number of carbonyl (C=O) groups is 3. The van der Waals surface area contributed by atoms with Crippen LogP contribution in [0.2, 0.25) is 5.02 Å². The van der Waals surface area contributed by atoms with Crippen molar-refractivity contribution in [3.63, 3.8) is 0 Å². The van der Waals surface area contributed by atoms with Crippen LogP contribution in [0.5, 0.6) is 0 Å². The second-order valence-electron chi connectivity index (χ2n) is 8.24. The summed E-state index contributed by atoms with van der Waals surface area (Å²) in [5.74, 6) is -0.947. The van der Waals surface area contributed by atoms with E-state index in [1.807, 2.05) is 48.5 Å². The van der Waals surface area contributed by atoms with Crippen LogP contribution in [-0.2, 0) is 16.1 Å². The summed E-state index contributed by atoms with van der Waals surface area (Å²) in [5.41, 5.74) is 3.98. The minimum absolute atomic E-state index is 0.0406. The second-order valence-corrected chi connectivity index (χ2v) is 9.56. The lowest BCUT2D eigenvalue weighted by atomic mass is 10.0. The van der Waals surface area contributed by atoms with E-state index in [0.717, 1.165) is 10.0 Å². The van der Waals surface area contributed by atoms with Gasteiger partial charge in [-0.2, -0.15) is 0 Å². The van der Waals surface area contributed by atoms with E-state index in [2.05, 4.69) is 31.6 Å². The molecule has 0 aliphatic carbocycles. The average molecular weight is 552 g/mol. The van der Waals surface area contributed by atoms with Gasteiger partial charge in [-0.25, -0.2) is 4.99 Å².